The van der Waals surface area contributed by atoms with Crippen LogP contribution in [-0.4, -0.2) is 23.9 Å². The van der Waals surface area contributed by atoms with E-state index in [1.807, 2.05) is 6.07 Å². The number of fused-ring (bicyclic) bond motifs is 1. The summed E-state index contributed by atoms with van der Waals surface area (Å²) in [6.45, 7) is 1.45. The van der Waals surface area contributed by atoms with Gasteiger partial charge in [-0.2, -0.15) is 0 Å². The van der Waals surface area contributed by atoms with Gasteiger partial charge in [-0.25, -0.2) is 4.98 Å². The fourth-order valence-electron chi connectivity index (χ4n) is 2.24. The highest BCUT2D eigenvalue weighted by Gasteiger charge is 2.12. The van der Waals surface area contributed by atoms with Crippen LogP contribution in [0.4, 0.5) is 10.8 Å². The summed E-state index contributed by atoms with van der Waals surface area (Å²) in [7, 11) is 1.51. The summed E-state index contributed by atoms with van der Waals surface area (Å²) in [6.07, 6.45) is 0. The average molecular weight is 376 g/mol. The Morgan fingerprint density at radius 1 is 1.16 bits per heavy atom. The van der Waals surface area contributed by atoms with E-state index in [2.05, 4.69) is 15.6 Å². The van der Waals surface area contributed by atoms with E-state index in [-0.39, 0.29) is 11.8 Å². The molecule has 3 rings (SSSR count). The van der Waals surface area contributed by atoms with E-state index in [0.29, 0.717) is 27.2 Å². The maximum atomic E-state index is 12.4. The van der Waals surface area contributed by atoms with Crippen LogP contribution in [0.25, 0.3) is 10.2 Å². The van der Waals surface area contributed by atoms with Gasteiger partial charge < -0.3 is 10.1 Å². The van der Waals surface area contributed by atoms with Crippen molar-refractivity contribution in [2.45, 2.75) is 6.92 Å². The number of hydrogen-bond acceptors (Lipinski definition) is 5. The highest BCUT2D eigenvalue weighted by Crippen LogP contribution is 2.29. The molecule has 0 radical (unpaired) electrons. The maximum Gasteiger partial charge on any atom is 0.257 e. The van der Waals surface area contributed by atoms with Crippen molar-refractivity contribution in [1.82, 2.24) is 4.98 Å². The molecule has 0 aliphatic rings. The zero-order valence-electron chi connectivity index (χ0n) is 13.4. The molecule has 6 nitrogen and oxygen atoms in total. The predicted octanol–water partition coefficient (Wildman–Crippen LogP) is 4.17. The van der Waals surface area contributed by atoms with Gasteiger partial charge in [-0.1, -0.05) is 22.9 Å². The Morgan fingerprint density at radius 3 is 2.64 bits per heavy atom. The van der Waals surface area contributed by atoms with Crippen molar-refractivity contribution in [3.05, 3.63) is 47.0 Å². The third-order valence-electron chi connectivity index (χ3n) is 3.34. The van der Waals surface area contributed by atoms with E-state index < -0.39 is 0 Å². The molecule has 0 aliphatic heterocycles. The molecule has 0 saturated heterocycles. The molecule has 0 unspecified atom stereocenters. The van der Waals surface area contributed by atoms with Crippen LogP contribution in [0.2, 0.25) is 5.02 Å². The van der Waals surface area contributed by atoms with Gasteiger partial charge in [-0.15, -0.1) is 0 Å². The molecule has 2 N–H and O–H groups in total. The Labute approximate surface area is 152 Å². The molecule has 0 fully saturated rings. The summed E-state index contributed by atoms with van der Waals surface area (Å²) in [6, 6.07) is 10.2. The lowest BCUT2D eigenvalue weighted by molar-refractivity contribution is -0.114. The number of methoxy groups -OCH3 is 1. The van der Waals surface area contributed by atoms with Crippen molar-refractivity contribution in [2.24, 2.45) is 0 Å². The van der Waals surface area contributed by atoms with Crippen LogP contribution in [0.5, 0.6) is 5.75 Å². The van der Waals surface area contributed by atoms with E-state index >= 15 is 0 Å². The number of carbonyl (C=O) groups is 2. The summed E-state index contributed by atoms with van der Waals surface area (Å²) in [4.78, 5) is 27.9. The molecule has 128 valence electrons. The van der Waals surface area contributed by atoms with Crippen LogP contribution in [0, 0.1) is 0 Å². The number of aromatic nitrogens is 1. The summed E-state index contributed by atoms with van der Waals surface area (Å²) in [5.74, 6) is 0.0446. The number of benzene rings is 2. The molecule has 1 aromatic heterocycles. The molecular weight excluding hydrogens is 362 g/mol. The third kappa shape index (κ3) is 3.89. The summed E-state index contributed by atoms with van der Waals surface area (Å²) in [5.41, 5.74) is 1.83. The molecule has 2 amide bonds. The number of nitrogens with one attached hydrogen (secondary N) is 2. The number of nitrogens with zero attached hydrogens (tertiary/aromatic N) is 1. The van der Waals surface area contributed by atoms with Crippen LogP contribution in [-0.2, 0) is 4.79 Å². The molecule has 0 aliphatic carbocycles. The molecule has 2 aromatic carbocycles. The molecule has 1 heterocycles. The molecule has 0 atom stereocenters. The number of amides is 2. The van der Waals surface area contributed by atoms with E-state index in [9.17, 15) is 9.59 Å². The standard InChI is InChI=1S/C17H14ClN3O3S/c1-9(22)19-11-4-5-13-15(8-11)25-17(20-13)21-16(23)10-3-6-14(24-2)12(18)7-10/h3-8H,1-2H3,(H,19,22)(H,20,21,23). The largest absolute Gasteiger partial charge is 0.495 e. The minimum absolute atomic E-state index is 0.145. The number of ether oxygens (including phenoxy) is 1. The van der Waals surface area contributed by atoms with Gasteiger partial charge in [0.15, 0.2) is 5.13 Å². The molecular formula is C17H14ClN3O3S. The fourth-order valence-corrected chi connectivity index (χ4v) is 3.39. The third-order valence-corrected chi connectivity index (χ3v) is 4.57. The second-order valence-corrected chi connectivity index (χ2v) is 6.62. The first-order valence-corrected chi connectivity index (χ1v) is 8.49. The van der Waals surface area contributed by atoms with Crippen LogP contribution < -0.4 is 15.4 Å². The van der Waals surface area contributed by atoms with Gasteiger partial charge in [0, 0.05) is 18.2 Å². The zero-order valence-corrected chi connectivity index (χ0v) is 15.0. The summed E-state index contributed by atoms with van der Waals surface area (Å²) < 4.78 is 5.93. The minimum atomic E-state index is -0.314. The van der Waals surface area contributed by atoms with E-state index in [0.717, 1.165) is 10.2 Å². The number of thiazole rings is 1. The Morgan fingerprint density at radius 2 is 1.96 bits per heavy atom. The molecule has 0 spiro atoms. The summed E-state index contributed by atoms with van der Waals surface area (Å²) in [5, 5.41) is 6.30. The van der Waals surface area contributed by atoms with Crippen molar-refractivity contribution in [2.75, 3.05) is 17.7 Å². The first-order chi connectivity index (χ1) is 12.0. The lowest BCUT2D eigenvalue weighted by atomic mass is 10.2. The van der Waals surface area contributed by atoms with Gasteiger partial charge in [0.1, 0.15) is 5.75 Å². The van der Waals surface area contributed by atoms with Gasteiger partial charge >= 0.3 is 0 Å². The van der Waals surface area contributed by atoms with Crippen molar-refractivity contribution in [1.29, 1.82) is 0 Å². The molecule has 0 saturated carbocycles. The van der Waals surface area contributed by atoms with Crippen molar-refractivity contribution >= 4 is 55.8 Å². The molecule has 0 bridgehead atoms. The van der Waals surface area contributed by atoms with Crippen LogP contribution in [0.15, 0.2) is 36.4 Å². The molecule has 25 heavy (non-hydrogen) atoms. The predicted molar refractivity (Wildman–Crippen MR) is 99.9 cm³/mol. The Bertz CT molecular complexity index is 971. The summed E-state index contributed by atoms with van der Waals surface area (Å²) >= 11 is 7.37. The number of hydrogen-bond donors (Lipinski definition) is 2. The monoisotopic (exact) mass is 375 g/mol. The zero-order chi connectivity index (χ0) is 18.0. The lowest BCUT2D eigenvalue weighted by Crippen LogP contribution is -2.11. The van der Waals surface area contributed by atoms with Gasteiger partial charge in [0.2, 0.25) is 5.91 Å². The maximum absolute atomic E-state index is 12.4. The Kier molecular flexibility index (Phi) is 4.87. The Balaban J connectivity index is 1.81. The highest BCUT2D eigenvalue weighted by molar-refractivity contribution is 7.22. The molecule has 3 aromatic rings. The Hall–Kier alpha value is -2.64. The first kappa shape index (κ1) is 17.2. The second kappa shape index (κ2) is 7.08. The number of anilines is 2. The van der Waals surface area contributed by atoms with Gasteiger partial charge in [-0.05, 0) is 36.4 Å². The van der Waals surface area contributed by atoms with Gasteiger partial charge in [-0.3, -0.25) is 14.9 Å². The quantitative estimate of drug-likeness (QED) is 0.717. The SMILES string of the molecule is COc1ccc(C(=O)Nc2nc3ccc(NC(C)=O)cc3s2)cc1Cl. The van der Waals surface area contributed by atoms with E-state index in [1.54, 1.807) is 24.3 Å². The van der Waals surface area contributed by atoms with Gasteiger partial charge in [0.25, 0.3) is 5.91 Å². The normalized spacial score (nSPS) is 10.5. The average Bonchev–Trinajstić information content (AvgIpc) is 2.95. The topological polar surface area (TPSA) is 80.3 Å². The fraction of sp³-hybridized carbons (Fsp3) is 0.118. The minimum Gasteiger partial charge on any atom is -0.495 e. The van der Waals surface area contributed by atoms with Crippen LogP contribution in [0.1, 0.15) is 17.3 Å². The number of carbonyl (C=O) groups excluding carboxylic acids is 2. The van der Waals surface area contributed by atoms with E-state index in [1.165, 1.54) is 31.4 Å². The van der Waals surface area contributed by atoms with Gasteiger partial charge in [0.05, 0.1) is 22.3 Å². The van der Waals surface area contributed by atoms with E-state index in [4.69, 9.17) is 16.3 Å². The van der Waals surface area contributed by atoms with Crippen molar-refractivity contribution < 1.29 is 14.3 Å². The smallest absolute Gasteiger partial charge is 0.257 e. The van der Waals surface area contributed by atoms with Crippen molar-refractivity contribution in [3.63, 3.8) is 0 Å². The first-order valence-electron chi connectivity index (χ1n) is 7.29. The number of halogens is 1. The van der Waals surface area contributed by atoms with Crippen molar-refractivity contribution in [3.8, 4) is 5.75 Å². The highest BCUT2D eigenvalue weighted by atomic mass is 35.5. The number of rotatable bonds is 4. The van der Waals surface area contributed by atoms with Crippen LogP contribution in [0.3, 0.4) is 0 Å². The second-order valence-electron chi connectivity index (χ2n) is 5.19. The molecule has 8 heteroatoms. The lowest BCUT2D eigenvalue weighted by Gasteiger charge is -2.05. The van der Waals surface area contributed by atoms with Crippen LogP contribution >= 0.6 is 22.9 Å².